The lowest BCUT2D eigenvalue weighted by atomic mass is 9.87. The Morgan fingerprint density at radius 2 is 1.91 bits per heavy atom. The Hall–Kier alpha value is -1.88. The van der Waals surface area contributed by atoms with Crippen LogP contribution in [0.5, 0.6) is 0 Å². The Morgan fingerprint density at radius 1 is 1.30 bits per heavy atom. The number of carbonyl (C=O) groups excluding carboxylic acids is 2. The van der Waals surface area contributed by atoms with Crippen molar-refractivity contribution in [2.24, 2.45) is 5.92 Å². The highest BCUT2D eigenvalue weighted by atomic mass is 16.3. The van der Waals surface area contributed by atoms with Crippen LogP contribution in [0.3, 0.4) is 0 Å². The molecule has 5 nitrogen and oxygen atoms in total. The molecule has 0 aliphatic heterocycles. The highest BCUT2D eigenvalue weighted by Gasteiger charge is 2.37. The van der Waals surface area contributed by atoms with E-state index in [1.165, 1.54) is 0 Å². The van der Waals surface area contributed by atoms with Gasteiger partial charge in [-0.15, -0.1) is 0 Å². The van der Waals surface area contributed by atoms with E-state index >= 15 is 0 Å². The van der Waals surface area contributed by atoms with Crippen molar-refractivity contribution in [3.63, 3.8) is 0 Å². The second-order valence-electron chi connectivity index (χ2n) is 6.43. The van der Waals surface area contributed by atoms with Gasteiger partial charge in [-0.1, -0.05) is 38.5 Å². The van der Waals surface area contributed by atoms with Gasteiger partial charge in [-0.3, -0.25) is 9.59 Å². The van der Waals surface area contributed by atoms with Crippen LogP contribution >= 0.6 is 0 Å². The summed E-state index contributed by atoms with van der Waals surface area (Å²) in [4.78, 5) is 26.8. The zero-order valence-electron chi connectivity index (χ0n) is 14.0. The second kappa shape index (κ2) is 7.59. The SMILES string of the molecule is CC[C@H](C)[C@@H](NC(=O)c1ccccc1)C(=O)N(C)C1CC(O)C1. The predicted octanol–water partition coefficient (Wildman–Crippen LogP) is 1.81. The van der Waals surface area contributed by atoms with Crippen molar-refractivity contribution >= 4 is 11.8 Å². The number of likely N-dealkylation sites (N-methyl/N-ethyl adjacent to an activating group) is 1. The van der Waals surface area contributed by atoms with Gasteiger partial charge in [0.2, 0.25) is 5.91 Å². The van der Waals surface area contributed by atoms with Gasteiger partial charge in [-0.25, -0.2) is 0 Å². The molecule has 0 unspecified atom stereocenters. The molecule has 23 heavy (non-hydrogen) atoms. The first-order valence-electron chi connectivity index (χ1n) is 8.24. The fraction of sp³-hybridized carbons (Fsp3) is 0.556. The van der Waals surface area contributed by atoms with Crippen molar-refractivity contribution < 1.29 is 14.7 Å². The average molecular weight is 318 g/mol. The molecular formula is C18H26N2O3. The van der Waals surface area contributed by atoms with E-state index in [1.54, 1.807) is 36.2 Å². The maximum Gasteiger partial charge on any atom is 0.251 e. The maximum atomic E-state index is 12.8. The van der Waals surface area contributed by atoms with Gasteiger partial charge in [-0.05, 0) is 30.9 Å². The van der Waals surface area contributed by atoms with Gasteiger partial charge in [0.1, 0.15) is 6.04 Å². The van der Waals surface area contributed by atoms with E-state index in [9.17, 15) is 14.7 Å². The number of hydrogen-bond donors (Lipinski definition) is 2. The van der Waals surface area contributed by atoms with E-state index in [1.807, 2.05) is 19.9 Å². The summed E-state index contributed by atoms with van der Waals surface area (Å²) < 4.78 is 0. The number of aliphatic hydroxyl groups is 1. The molecule has 0 aromatic heterocycles. The molecule has 1 saturated carbocycles. The molecule has 5 heteroatoms. The third-order valence-corrected chi connectivity index (χ3v) is 4.79. The summed E-state index contributed by atoms with van der Waals surface area (Å²) in [5.41, 5.74) is 0.551. The first-order chi connectivity index (χ1) is 10.9. The Kier molecular flexibility index (Phi) is 5.77. The van der Waals surface area contributed by atoms with E-state index in [0.717, 1.165) is 6.42 Å². The van der Waals surface area contributed by atoms with Gasteiger partial charge < -0.3 is 15.3 Å². The Balaban J connectivity index is 2.07. The summed E-state index contributed by atoms with van der Waals surface area (Å²) in [6.45, 7) is 3.98. The molecule has 0 bridgehead atoms. The summed E-state index contributed by atoms with van der Waals surface area (Å²) in [5, 5.41) is 12.3. The third kappa shape index (κ3) is 4.10. The van der Waals surface area contributed by atoms with Crippen molar-refractivity contribution in [2.45, 2.75) is 51.3 Å². The molecule has 2 atom stereocenters. The van der Waals surface area contributed by atoms with Gasteiger partial charge in [0.05, 0.1) is 6.10 Å². The number of hydrogen-bond acceptors (Lipinski definition) is 3. The Labute approximate surface area is 137 Å². The van der Waals surface area contributed by atoms with Gasteiger partial charge >= 0.3 is 0 Å². The van der Waals surface area contributed by atoms with E-state index in [4.69, 9.17) is 0 Å². The quantitative estimate of drug-likeness (QED) is 0.840. The first kappa shape index (κ1) is 17.5. The van der Waals surface area contributed by atoms with Crippen LogP contribution in [0.25, 0.3) is 0 Å². The van der Waals surface area contributed by atoms with Crippen LogP contribution in [0.4, 0.5) is 0 Å². The summed E-state index contributed by atoms with van der Waals surface area (Å²) in [5.74, 6) is -0.269. The largest absolute Gasteiger partial charge is 0.393 e. The summed E-state index contributed by atoms with van der Waals surface area (Å²) in [6.07, 6.45) is 1.72. The Morgan fingerprint density at radius 3 is 2.43 bits per heavy atom. The maximum absolute atomic E-state index is 12.8. The minimum Gasteiger partial charge on any atom is -0.393 e. The van der Waals surface area contributed by atoms with Crippen LogP contribution in [0.1, 0.15) is 43.5 Å². The van der Waals surface area contributed by atoms with Crippen molar-refractivity contribution in [3.8, 4) is 0 Å². The molecule has 126 valence electrons. The number of amides is 2. The Bertz CT molecular complexity index is 540. The van der Waals surface area contributed by atoms with Crippen molar-refractivity contribution in [1.82, 2.24) is 10.2 Å². The second-order valence-corrected chi connectivity index (χ2v) is 6.43. The molecule has 1 aromatic carbocycles. The topological polar surface area (TPSA) is 69.6 Å². The van der Waals surface area contributed by atoms with Crippen LogP contribution in [0, 0.1) is 5.92 Å². The zero-order valence-corrected chi connectivity index (χ0v) is 14.0. The molecule has 0 saturated heterocycles. The number of rotatable bonds is 6. The van der Waals surface area contributed by atoms with E-state index in [0.29, 0.717) is 18.4 Å². The van der Waals surface area contributed by atoms with Crippen molar-refractivity contribution in [2.75, 3.05) is 7.05 Å². The fourth-order valence-electron chi connectivity index (χ4n) is 2.77. The minimum absolute atomic E-state index is 0.0441. The first-order valence-corrected chi connectivity index (χ1v) is 8.24. The molecule has 2 rings (SSSR count). The van der Waals surface area contributed by atoms with Crippen LogP contribution in [-0.2, 0) is 4.79 Å². The molecule has 1 aliphatic carbocycles. The molecule has 0 heterocycles. The van der Waals surface area contributed by atoms with Crippen LogP contribution in [0.2, 0.25) is 0 Å². The zero-order chi connectivity index (χ0) is 17.0. The number of benzene rings is 1. The molecule has 1 fully saturated rings. The molecule has 0 spiro atoms. The standard InChI is InChI=1S/C18H26N2O3/c1-4-12(2)16(18(23)20(3)14-10-15(21)11-14)19-17(22)13-8-6-5-7-9-13/h5-9,12,14-16,21H,4,10-11H2,1-3H3,(H,19,22)/t12-,14?,15?,16+/m0/s1. The summed E-state index contributed by atoms with van der Waals surface area (Å²) >= 11 is 0. The van der Waals surface area contributed by atoms with Crippen LogP contribution in [0.15, 0.2) is 30.3 Å². The predicted molar refractivity (Wildman–Crippen MR) is 89.0 cm³/mol. The minimum atomic E-state index is -0.546. The van der Waals surface area contributed by atoms with E-state index in [-0.39, 0.29) is 29.9 Å². The highest BCUT2D eigenvalue weighted by Crippen LogP contribution is 2.26. The van der Waals surface area contributed by atoms with Gasteiger partial charge in [-0.2, -0.15) is 0 Å². The molecule has 1 aromatic rings. The van der Waals surface area contributed by atoms with Gasteiger partial charge in [0.15, 0.2) is 0 Å². The third-order valence-electron chi connectivity index (χ3n) is 4.79. The van der Waals surface area contributed by atoms with Crippen molar-refractivity contribution in [3.05, 3.63) is 35.9 Å². The average Bonchev–Trinajstić information content (AvgIpc) is 2.55. The lowest BCUT2D eigenvalue weighted by Crippen LogP contribution is -2.56. The lowest BCUT2D eigenvalue weighted by Gasteiger charge is -2.40. The monoisotopic (exact) mass is 318 g/mol. The number of nitrogens with zero attached hydrogens (tertiary/aromatic N) is 1. The van der Waals surface area contributed by atoms with Crippen LogP contribution in [-0.4, -0.2) is 47.1 Å². The lowest BCUT2D eigenvalue weighted by molar-refractivity contribution is -0.139. The molecule has 2 amide bonds. The van der Waals surface area contributed by atoms with Gasteiger partial charge in [0, 0.05) is 18.7 Å². The molecular weight excluding hydrogens is 292 g/mol. The molecule has 1 aliphatic rings. The number of aliphatic hydroxyl groups excluding tert-OH is 1. The molecule has 2 N–H and O–H groups in total. The van der Waals surface area contributed by atoms with Gasteiger partial charge in [0.25, 0.3) is 5.91 Å². The normalized spacial score (nSPS) is 22.6. The highest BCUT2D eigenvalue weighted by molar-refractivity contribution is 5.97. The number of carbonyl (C=O) groups is 2. The van der Waals surface area contributed by atoms with Crippen molar-refractivity contribution in [1.29, 1.82) is 0 Å². The van der Waals surface area contributed by atoms with Crippen LogP contribution < -0.4 is 5.32 Å². The summed E-state index contributed by atoms with van der Waals surface area (Å²) in [6, 6.07) is 8.45. The number of nitrogens with one attached hydrogen (secondary N) is 1. The van der Waals surface area contributed by atoms with E-state index in [2.05, 4.69) is 5.32 Å². The smallest absolute Gasteiger partial charge is 0.251 e. The fourth-order valence-corrected chi connectivity index (χ4v) is 2.77. The molecule has 0 radical (unpaired) electrons. The van der Waals surface area contributed by atoms with E-state index < -0.39 is 6.04 Å². The summed E-state index contributed by atoms with van der Waals surface area (Å²) in [7, 11) is 1.75.